The maximum atomic E-state index is 9.04. The molecule has 1 aliphatic rings. The van der Waals surface area contributed by atoms with E-state index in [1.54, 1.807) is 0 Å². The Morgan fingerprint density at radius 3 is 2.33 bits per heavy atom. The molecule has 4 nitrogen and oxygen atoms in total. The van der Waals surface area contributed by atoms with Crippen molar-refractivity contribution < 1.29 is 15.3 Å². The highest BCUT2D eigenvalue weighted by molar-refractivity contribution is 4.95. The van der Waals surface area contributed by atoms with E-state index in [0.29, 0.717) is 6.54 Å². The van der Waals surface area contributed by atoms with Crippen molar-refractivity contribution in [3.05, 3.63) is 0 Å². The molecule has 72 valence electrons. The standard InChI is InChI=1S/C8H17NO3/c10-5-7(12)4-9-8(6-11)2-1-3-8/h7,9-12H,1-6H2. The maximum absolute atomic E-state index is 9.04. The van der Waals surface area contributed by atoms with Gasteiger partial charge in [0.25, 0.3) is 0 Å². The summed E-state index contributed by atoms with van der Waals surface area (Å²) in [5.74, 6) is 0. The Morgan fingerprint density at radius 2 is 2.00 bits per heavy atom. The number of rotatable bonds is 5. The van der Waals surface area contributed by atoms with Crippen molar-refractivity contribution in [2.45, 2.75) is 30.9 Å². The highest BCUT2D eigenvalue weighted by Crippen LogP contribution is 2.30. The van der Waals surface area contributed by atoms with Crippen LogP contribution < -0.4 is 5.32 Å². The lowest BCUT2D eigenvalue weighted by molar-refractivity contribution is 0.0494. The molecule has 0 heterocycles. The lowest BCUT2D eigenvalue weighted by atomic mass is 9.77. The quantitative estimate of drug-likeness (QED) is 0.425. The summed E-state index contributed by atoms with van der Waals surface area (Å²) in [5, 5.41) is 29.7. The van der Waals surface area contributed by atoms with Gasteiger partial charge in [0.05, 0.1) is 19.3 Å². The lowest BCUT2D eigenvalue weighted by Gasteiger charge is -2.41. The number of hydrogen-bond acceptors (Lipinski definition) is 4. The molecule has 1 atom stereocenters. The topological polar surface area (TPSA) is 72.7 Å². The number of aliphatic hydroxyl groups excluding tert-OH is 3. The number of β-amino-alcohol motifs (C(OH)–C–C–N with tert-alkyl or cyclic N) is 1. The second-order valence-electron chi connectivity index (χ2n) is 3.51. The Kier molecular flexibility index (Phi) is 3.46. The fourth-order valence-corrected chi connectivity index (χ4v) is 1.39. The van der Waals surface area contributed by atoms with E-state index >= 15 is 0 Å². The molecule has 0 radical (unpaired) electrons. The molecule has 0 aromatic rings. The highest BCUT2D eigenvalue weighted by Gasteiger charge is 2.35. The van der Waals surface area contributed by atoms with Crippen molar-refractivity contribution in [3.63, 3.8) is 0 Å². The third kappa shape index (κ3) is 2.17. The minimum Gasteiger partial charge on any atom is -0.394 e. The van der Waals surface area contributed by atoms with Gasteiger partial charge in [-0.1, -0.05) is 0 Å². The molecule has 1 fully saturated rings. The monoisotopic (exact) mass is 175 g/mol. The van der Waals surface area contributed by atoms with Crippen molar-refractivity contribution in [1.82, 2.24) is 5.32 Å². The van der Waals surface area contributed by atoms with Crippen LogP contribution in [-0.4, -0.2) is 46.7 Å². The van der Waals surface area contributed by atoms with E-state index in [1.165, 1.54) is 0 Å². The first-order valence-corrected chi connectivity index (χ1v) is 4.37. The summed E-state index contributed by atoms with van der Waals surface area (Å²) in [6.45, 7) is 0.247. The van der Waals surface area contributed by atoms with Crippen molar-refractivity contribution in [1.29, 1.82) is 0 Å². The molecule has 0 aliphatic heterocycles. The molecule has 4 N–H and O–H groups in total. The van der Waals surface area contributed by atoms with E-state index in [9.17, 15) is 0 Å². The largest absolute Gasteiger partial charge is 0.394 e. The molecule has 12 heavy (non-hydrogen) atoms. The van der Waals surface area contributed by atoms with Crippen LogP contribution in [0.1, 0.15) is 19.3 Å². The predicted octanol–water partition coefficient (Wildman–Crippen LogP) is -1.16. The summed E-state index contributed by atoms with van der Waals surface area (Å²) < 4.78 is 0. The Bertz CT molecular complexity index is 131. The zero-order chi connectivity index (χ0) is 9.03. The van der Waals surface area contributed by atoms with E-state index in [2.05, 4.69) is 5.32 Å². The molecule has 0 aromatic carbocycles. The van der Waals surface area contributed by atoms with Gasteiger partial charge in [-0.05, 0) is 19.3 Å². The number of hydrogen-bond donors (Lipinski definition) is 4. The van der Waals surface area contributed by atoms with E-state index < -0.39 is 6.10 Å². The number of aliphatic hydroxyl groups is 3. The Morgan fingerprint density at radius 1 is 1.33 bits per heavy atom. The van der Waals surface area contributed by atoms with E-state index in [0.717, 1.165) is 19.3 Å². The zero-order valence-corrected chi connectivity index (χ0v) is 7.16. The smallest absolute Gasteiger partial charge is 0.0895 e. The van der Waals surface area contributed by atoms with Crippen molar-refractivity contribution in [2.75, 3.05) is 19.8 Å². The van der Waals surface area contributed by atoms with Gasteiger partial charge in [0.2, 0.25) is 0 Å². The summed E-state index contributed by atoms with van der Waals surface area (Å²) in [4.78, 5) is 0. The summed E-state index contributed by atoms with van der Waals surface area (Å²) in [5.41, 5.74) is -0.170. The van der Waals surface area contributed by atoms with Gasteiger partial charge in [0.1, 0.15) is 0 Å². The number of nitrogens with one attached hydrogen (secondary N) is 1. The van der Waals surface area contributed by atoms with E-state index in [-0.39, 0.29) is 18.8 Å². The first kappa shape index (κ1) is 9.92. The average molecular weight is 175 g/mol. The van der Waals surface area contributed by atoms with Gasteiger partial charge in [-0.2, -0.15) is 0 Å². The average Bonchev–Trinajstić information content (AvgIpc) is 2.03. The van der Waals surface area contributed by atoms with Crippen molar-refractivity contribution in [3.8, 4) is 0 Å². The molecule has 0 saturated heterocycles. The van der Waals surface area contributed by atoms with E-state index in [1.807, 2.05) is 0 Å². The Labute approximate surface area is 72.2 Å². The molecule has 1 rings (SSSR count). The third-order valence-corrected chi connectivity index (χ3v) is 2.54. The molecule has 0 bridgehead atoms. The van der Waals surface area contributed by atoms with Gasteiger partial charge in [0.15, 0.2) is 0 Å². The normalized spacial score (nSPS) is 23.2. The van der Waals surface area contributed by atoms with Gasteiger partial charge in [-0.25, -0.2) is 0 Å². The van der Waals surface area contributed by atoms with Crippen LogP contribution in [0, 0.1) is 0 Å². The Balaban J connectivity index is 2.20. The van der Waals surface area contributed by atoms with Crippen LogP contribution in [0.25, 0.3) is 0 Å². The SMILES string of the molecule is OCC(O)CNC1(CO)CCC1. The van der Waals surface area contributed by atoms with Crippen LogP contribution in [0.3, 0.4) is 0 Å². The summed E-state index contributed by atoms with van der Waals surface area (Å²) in [6, 6.07) is 0. The predicted molar refractivity (Wildman–Crippen MR) is 44.8 cm³/mol. The van der Waals surface area contributed by atoms with Crippen LogP contribution in [0.4, 0.5) is 0 Å². The van der Waals surface area contributed by atoms with Crippen LogP contribution >= 0.6 is 0 Å². The lowest BCUT2D eigenvalue weighted by Crippen LogP contribution is -2.56. The molecule has 1 aliphatic carbocycles. The van der Waals surface area contributed by atoms with Gasteiger partial charge >= 0.3 is 0 Å². The molecule has 0 amide bonds. The van der Waals surface area contributed by atoms with Crippen LogP contribution in [-0.2, 0) is 0 Å². The highest BCUT2D eigenvalue weighted by atomic mass is 16.3. The second kappa shape index (κ2) is 4.18. The molecular formula is C8H17NO3. The zero-order valence-electron chi connectivity index (χ0n) is 7.16. The second-order valence-corrected chi connectivity index (χ2v) is 3.51. The molecule has 1 unspecified atom stereocenters. The molecule has 0 spiro atoms. The molecular weight excluding hydrogens is 158 g/mol. The minimum absolute atomic E-state index is 0.116. The van der Waals surface area contributed by atoms with Gasteiger partial charge in [-0.3, -0.25) is 0 Å². The van der Waals surface area contributed by atoms with Crippen molar-refractivity contribution in [2.24, 2.45) is 0 Å². The summed E-state index contributed by atoms with van der Waals surface area (Å²) in [6.07, 6.45) is 2.33. The van der Waals surface area contributed by atoms with E-state index in [4.69, 9.17) is 15.3 Å². The Hall–Kier alpha value is -0.160. The van der Waals surface area contributed by atoms with Crippen molar-refractivity contribution >= 4 is 0 Å². The van der Waals surface area contributed by atoms with Gasteiger partial charge in [-0.15, -0.1) is 0 Å². The molecule has 1 saturated carbocycles. The van der Waals surface area contributed by atoms with Gasteiger partial charge < -0.3 is 20.6 Å². The minimum atomic E-state index is -0.714. The summed E-state index contributed by atoms with van der Waals surface area (Å²) in [7, 11) is 0. The first-order valence-electron chi connectivity index (χ1n) is 4.37. The van der Waals surface area contributed by atoms with Crippen LogP contribution in [0.15, 0.2) is 0 Å². The molecule has 4 heteroatoms. The fourth-order valence-electron chi connectivity index (χ4n) is 1.39. The fraction of sp³-hybridized carbons (Fsp3) is 1.00. The summed E-state index contributed by atoms with van der Waals surface area (Å²) >= 11 is 0. The van der Waals surface area contributed by atoms with Crippen LogP contribution in [0.5, 0.6) is 0 Å². The van der Waals surface area contributed by atoms with Crippen LogP contribution in [0.2, 0.25) is 0 Å². The maximum Gasteiger partial charge on any atom is 0.0895 e. The molecule has 0 aromatic heterocycles. The van der Waals surface area contributed by atoms with Gasteiger partial charge in [0, 0.05) is 12.1 Å². The first-order chi connectivity index (χ1) is 5.72. The third-order valence-electron chi connectivity index (χ3n) is 2.54.